The van der Waals surface area contributed by atoms with E-state index in [1.807, 2.05) is 29.2 Å². The molecule has 5 heteroatoms. The Morgan fingerprint density at radius 1 is 1.35 bits per heavy atom. The summed E-state index contributed by atoms with van der Waals surface area (Å²) in [6, 6.07) is 7.85. The first-order valence-corrected chi connectivity index (χ1v) is 6.59. The summed E-state index contributed by atoms with van der Waals surface area (Å²) in [4.78, 5) is 6.44. The lowest BCUT2D eigenvalue weighted by Crippen LogP contribution is -2.37. The lowest BCUT2D eigenvalue weighted by atomic mass is 10.2. The van der Waals surface area contributed by atoms with Crippen molar-refractivity contribution in [2.45, 2.75) is 20.4 Å². The minimum atomic E-state index is 0. The van der Waals surface area contributed by atoms with Crippen LogP contribution < -0.4 is 10.5 Å². The van der Waals surface area contributed by atoms with Crippen LogP contribution in [0.3, 0.4) is 0 Å². The molecular weight excluding hydrogens is 365 g/mol. The van der Waals surface area contributed by atoms with Crippen LogP contribution in [0.15, 0.2) is 41.9 Å². The first-order chi connectivity index (χ1) is 9.22. The van der Waals surface area contributed by atoms with E-state index in [2.05, 4.69) is 25.4 Å². The summed E-state index contributed by atoms with van der Waals surface area (Å²) in [7, 11) is 0. The van der Waals surface area contributed by atoms with Gasteiger partial charge in [0.05, 0.1) is 6.54 Å². The van der Waals surface area contributed by atoms with Gasteiger partial charge in [0.1, 0.15) is 12.4 Å². The maximum Gasteiger partial charge on any atom is 0.191 e. The highest BCUT2D eigenvalue weighted by Crippen LogP contribution is 2.18. The summed E-state index contributed by atoms with van der Waals surface area (Å²) >= 11 is 0. The fourth-order valence-electron chi connectivity index (χ4n) is 1.74. The van der Waals surface area contributed by atoms with Crippen molar-refractivity contribution < 1.29 is 4.74 Å². The van der Waals surface area contributed by atoms with Crippen LogP contribution in [0.4, 0.5) is 0 Å². The highest BCUT2D eigenvalue weighted by Gasteiger charge is 2.04. The van der Waals surface area contributed by atoms with E-state index in [0.717, 1.165) is 24.4 Å². The molecule has 0 aromatic heterocycles. The predicted molar refractivity (Wildman–Crippen MR) is 95.8 cm³/mol. The molecule has 0 aliphatic heterocycles. The van der Waals surface area contributed by atoms with E-state index in [1.54, 1.807) is 6.08 Å². The number of rotatable bonds is 7. The molecule has 0 amide bonds. The van der Waals surface area contributed by atoms with Gasteiger partial charge < -0.3 is 15.4 Å². The number of benzene rings is 1. The van der Waals surface area contributed by atoms with Crippen LogP contribution >= 0.6 is 24.0 Å². The van der Waals surface area contributed by atoms with E-state index in [9.17, 15) is 0 Å². The van der Waals surface area contributed by atoms with E-state index in [1.165, 1.54) is 0 Å². The summed E-state index contributed by atoms with van der Waals surface area (Å²) < 4.78 is 5.59. The lowest BCUT2D eigenvalue weighted by Gasteiger charge is -2.19. The van der Waals surface area contributed by atoms with Crippen LogP contribution in [0.5, 0.6) is 5.75 Å². The molecule has 1 aromatic carbocycles. The van der Waals surface area contributed by atoms with E-state index < -0.39 is 0 Å². The lowest BCUT2D eigenvalue weighted by molar-refractivity contribution is 0.359. The minimum absolute atomic E-state index is 0. The van der Waals surface area contributed by atoms with Gasteiger partial charge in [-0.1, -0.05) is 30.9 Å². The molecule has 0 aliphatic carbocycles. The Labute approximate surface area is 138 Å². The van der Waals surface area contributed by atoms with Gasteiger partial charge in [-0.15, -0.1) is 24.0 Å². The number of nitrogens with two attached hydrogens (primary N) is 1. The van der Waals surface area contributed by atoms with E-state index in [-0.39, 0.29) is 24.0 Å². The number of hydrogen-bond donors (Lipinski definition) is 1. The molecule has 0 unspecified atom stereocenters. The Balaban J connectivity index is 0.00000361. The maximum atomic E-state index is 5.96. The molecular formula is C15H24IN3O. The molecule has 0 radical (unpaired) electrons. The van der Waals surface area contributed by atoms with Crippen molar-refractivity contribution in [3.63, 3.8) is 0 Å². The van der Waals surface area contributed by atoms with Crippen LogP contribution in [0.25, 0.3) is 0 Å². The van der Waals surface area contributed by atoms with Crippen LogP contribution in [-0.4, -0.2) is 30.6 Å². The van der Waals surface area contributed by atoms with Crippen molar-refractivity contribution in [1.29, 1.82) is 0 Å². The van der Waals surface area contributed by atoms with Gasteiger partial charge in [-0.05, 0) is 19.9 Å². The highest BCUT2D eigenvalue weighted by atomic mass is 127. The molecule has 1 aromatic rings. The predicted octanol–water partition coefficient (Wildman–Crippen LogP) is 3.03. The number of nitrogens with zero attached hydrogens (tertiary/aromatic N) is 2. The molecule has 20 heavy (non-hydrogen) atoms. The Morgan fingerprint density at radius 3 is 2.60 bits per heavy atom. The quantitative estimate of drug-likeness (QED) is 0.338. The molecule has 0 aliphatic rings. The molecule has 0 heterocycles. The van der Waals surface area contributed by atoms with E-state index in [4.69, 9.17) is 10.5 Å². The van der Waals surface area contributed by atoms with Crippen molar-refractivity contribution in [3.05, 3.63) is 42.5 Å². The zero-order valence-corrected chi connectivity index (χ0v) is 14.5. The smallest absolute Gasteiger partial charge is 0.191 e. The summed E-state index contributed by atoms with van der Waals surface area (Å²) in [5.74, 6) is 1.40. The first-order valence-electron chi connectivity index (χ1n) is 6.59. The van der Waals surface area contributed by atoms with Crippen molar-refractivity contribution in [1.82, 2.24) is 4.90 Å². The largest absolute Gasteiger partial charge is 0.489 e. The Bertz CT molecular complexity index is 431. The molecule has 0 fully saturated rings. The number of guanidine groups is 1. The minimum Gasteiger partial charge on any atom is -0.489 e. The molecule has 0 saturated heterocycles. The molecule has 4 nitrogen and oxygen atoms in total. The number of halogens is 1. The third kappa shape index (κ3) is 5.81. The third-order valence-corrected chi connectivity index (χ3v) is 2.83. The van der Waals surface area contributed by atoms with E-state index >= 15 is 0 Å². The van der Waals surface area contributed by atoms with Gasteiger partial charge >= 0.3 is 0 Å². The standard InChI is InChI=1S/C15H23N3O.HI/c1-4-11-19-14-10-8-7-9-13(14)12-17-15(16)18(5-2)6-3;/h4,7-10H,1,5-6,11-12H2,2-3H3,(H2,16,17);1H. The normalized spacial score (nSPS) is 10.6. The topological polar surface area (TPSA) is 50.9 Å². The second-order valence-corrected chi connectivity index (χ2v) is 4.05. The number of para-hydroxylation sites is 1. The molecule has 112 valence electrons. The molecule has 0 spiro atoms. The van der Waals surface area contributed by atoms with Gasteiger partial charge in [-0.3, -0.25) is 0 Å². The van der Waals surface area contributed by atoms with Crippen LogP contribution in [0.2, 0.25) is 0 Å². The monoisotopic (exact) mass is 389 g/mol. The zero-order chi connectivity index (χ0) is 14.1. The molecule has 1 rings (SSSR count). The first kappa shape index (κ1) is 18.8. The fourth-order valence-corrected chi connectivity index (χ4v) is 1.74. The number of hydrogen-bond acceptors (Lipinski definition) is 2. The van der Waals surface area contributed by atoms with Crippen molar-refractivity contribution in [2.75, 3.05) is 19.7 Å². The SMILES string of the molecule is C=CCOc1ccccc1CN=C(N)N(CC)CC.I. The van der Waals surface area contributed by atoms with Crippen molar-refractivity contribution in [2.24, 2.45) is 10.7 Å². The Morgan fingerprint density at radius 2 is 2.00 bits per heavy atom. The summed E-state index contributed by atoms with van der Waals surface area (Å²) in [5, 5.41) is 0. The van der Waals surface area contributed by atoms with Crippen molar-refractivity contribution in [3.8, 4) is 5.75 Å². The average molecular weight is 389 g/mol. The third-order valence-electron chi connectivity index (χ3n) is 2.83. The van der Waals surface area contributed by atoms with Crippen LogP contribution in [0, 0.1) is 0 Å². The number of ether oxygens (including phenoxy) is 1. The fraction of sp³-hybridized carbons (Fsp3) is 0.400. The second-order valence-electron chi connectivity index (χ2n) is 4.05. The Hall–Kier alpha value is -1.24. The molecule has 2 N–H and O–H groups in total. The second kappa shape index (κ2) is 10.5. The molecule has 0 bridgehead atoms. The zero-order valence-electron chi connectivity index (χ0n) is 12.2. The van der Waals surface area contributed by atoms with Gasteiger partial charge in [-0.2, -0.15) is 0 Å². The maximum absolute atomic E-state index is 5.96. The van der Waals surface area contributed by atoms with Crippen LogP contribution in [-0.2, 0) is 6.54 Å². The van der Waals surface area contributed by atoms with Gasteiger partial charge in [0.25, 0.3) is 0 Å². The van der Waals surface area contributed by atoms with Crippen LogP contribution in [0.1, 0.15) is 19.4 Å². The highest BCUT2D eigenvalue weighted by molar-refractivity contribution is 14.0. The average Bonchev–Trinajstić information content (AvgIpc) is 2.45. The summed E-state index contributed by atoms with van der Waals surface area (Å²) in [5.41, 5.74) is 6.98. The summed E-state index contributed by atoms with van der Waals surface area (Å²) in [6.45, 7) is 10.5. The van der Waals surface area contributed by atoms with E-state index in [0.29, 0.717) is 19.1 Å². The van der Waals surface area contributed by atoms with Gasteiger partial charge in [0.2, 0.25) is 0 Å². The summed E-state index contributed by atoms with van der Waals surface area (Å²) in [6.07, 6.45) is 1.73. The molecule has 0 saturated carbocycles. The van der Waals surface area contributed by atoms with Gasteiger partial charge in [0, 0.05) is 18.7 Å². The number of aliphatic imine (C=N–C) groups is 1. The van der Waals surface area contributed by atoms with Gasteiger partial charge in [-0.25, -0.2) is 4.99 Å². The van der Waals surface area contributed by atoms with Crippen molar-refractivity contribution >= 4 is 29.9 Å². The van der Waals surface area contributed by atoms with Gasteiger partial charge in [0.15, 0.2) is 5.96 Å². The Kier molecular flexibility index (Phi) is 9.88. The molecule has 0 atom stereocenters.